The number of nitrogens with zero attached hydrogens (tertiary/aromatic N) is 1. The molecule has 0 saturated heterocycles. The van der Waals surface area contributed by atoms with Crippen molar-refractivity contribution >= 4 is 34.2 Å². The minimum absolute atomic E-state index is 1.02. The fourth-order valence-corrected chi connectivity index (χ4v) is 3.13. The average Bonchev–Trinajstić information content (AvgIpc) is 2.42. The first-order valence-corrected chi connectivity index (χ1v) is 5.61. The number of hydrogen-bond donors (Lipinski definition) is 1. The molecule has 0 aliphatic carbocycles. The number of hydrogen-bond acceptors (Lipinski definition) is 2. The molecule has 1 nitrogen and oxygen atoms in total. The predicted molar refractivity (Wildman–Crippen MR) is 59.7 cm³/mol. The number of para-hydroxylation sites is 1. The molecule has 1 aromatic heterocycles. The lowest BCUT2D eigenvalue weighted by molar-refractivity contribution is -0.670. The van der Waals surface area contributed by atoms with Crippen LogP contribution >= 0.6 is 24.0 Å². The molecule has 0 bridgehead atoms. The number of thiazole rings is 1. The molecule has 0 atom stereocenters. The molecule has 0 aliphatic heterocycles. The Morgan fingerprint density at radius 3 is 2.92 bits per heavy atom. The van der Waals surface area contributed by atoms with E-state index in [1.807, 2.05) is 17.4 Å². The van der Waals surface area contributed by atoms with Gasteiger partial charge in [-0.25, -0.2) is 0 Å². The first-order chi connectivity index (χ1) is 6.24. The first kappa shape index (κ1) is 9.03. The average molecular weight is 210 g/mol. The molecule has 3 heteroatoms. The van der Waals surface area contributed by atoms with E-state index in [2.05, 4.69) is 43.2 Å². The summed E-state index contributed by atoms with van der Waals surface area (Å²) in [6.07, 6.45) is 0. The molecule has 1 aromatic carbocycles. The number of aromatic nitrogens is 1. The van der Waals surface area contributed by atoms with Gasteiger partial charge in [-0.1, -0.05) is 17.4 Å². The van der Waals surface area contributed by atoms with Crippen LogP contribution in [0.25, 0.3) is 10.2 Å². The van der Waals surface area contributed by atoms with E-state index in [1.54, 1.807) is 0 Å². The van der Waals surface area contributed by atoms with Gasteiger partial charge in [-0.3, -0.25) is 0 Å². The van der Waals surface area contributed by atoms with Gasteiger partial charge in [0.1, 0.15) is 11.2 Å². The lowest BCUT2D eigenvalue weighted by Crippen LogP contribution is -2.33. The molecule has 0 aliphatic rings. The number of rotatable bonds is 1. The van der Waals surface area contributed by atoms with Gasteiger partial charge in [0.2, 0.25) is 10.5 Å². The second-order valence-electron chi connectivity index (χ2n) is 2.99. The molecular formula is C10H12NS2+. The topological polar surface area (TPSA) is 3.88 Å². The van der Waals surface area contributed by atoms with Gasteiger partial charge in [-0.15, -0.1) is 12.6 Å². The fourth-order valence-electron chi connectivity index (χ4n) is 1.62. The van der Waals surface area contributed by atoms with Crippen LogP contribution in [0.1, 0.15) is 11.9 Å². The molecular weight excluding hydrogens is 198 g/mol. The summed E-state index contributed by atoms with van der Waals surface area (Å²) in [6, 6.07) is 6.25. The Labute approximate surface area is 87.4 Å². The van der Waals surface area contributed by atoms with Crippen molar-refractivity contribution < 1.29 is 4.57 Å². The van der Waals surface area contributed by atoms with E-state index in [1.165, 1.54) is 15.2 Å². The molecule has 0 radical (unpaired) electrons. The van der Waals surface area contributed by atoms with Crippen LogP contribution in [-0.2, 0) is 6.54 Å². The van der Waals surface area contributed by atoms with E-state index in [0.717, 1.165) is 11.4 Å². The van der Waals surface area contributed by atoms with E-state index < -0.39 is 0 Å². The van der Waals surface area contributed by atoms with Crippen LogP contribution in [0.5, 0.6) is 0 Å². The van der Waals surface area contributed by atoms with Crippen molar-refractivity contribution in [3.63, 3.8) is 0 Å². The van der Waals surface area contributed by atoms with E-state index in [0.29, 0.717) is 0 Å². The Kier molecular flexibility index (Phi) is 2.30. The van der Waals surface area contributed by atoms with Gasteiger partial charge < -0.3 is 0 Å². The van der Waals surface area contributed by atoms with Crippen LogP contribution in [0, 0.1) is 6.92 Å². The number of fused-ring (bicyclic) bond motifs is 1. The Bertz CT molecular complexity index is 445. The Morgan fingerprint density at radius 2 is 2.23 bits per heavy atom. The number of benzene rings is 1. The molecule has 2 aromatic rings. The summed E-state index contributed by atoms with van der Waals surface area (Å²) in [7, 11) is 0. The Balaban J connectivity index is 2.88. The molecule has 0 spiro atoms. The summed E-state index contributed by atoms with van der Waals surface area (Å²) in [4.78, 5) is 1.07. The summed E-state index contributed by atoms with van der Waals surface area (Å²) in [5.74, 6) is 0. The lowest BCUT2D eigenvalue weighted by Gasteiger charge is -1.93. The molecule has 0 N–H and O–H groups in total. The van der Waals surface area contributed by atoms with E-state index in [9.17, 15) is 0 Å². The SMILES string of the molecule is CC[n+]1c(C)sc2cccc(S)c21. The highest BCUT2D eigenvalue weighted by atomic mass is 32.1. The van der Waals surface area contributed by atoms with Gasteiger partial charge in [-0.2, -0.15) is 4.57 Å². The zero-order chi connectivity index (χ0) is 9.42. The third-order valence-electron chi connectivity index (χ3n) is 2.20. The van der Waals surface area contributed by atoms with Gasteiger partial charge in [0.25, 0.3) is 0 Å². The van der Waals surface area contributed by atoms with Crippen molar-refractivity contribution in [2.45, 2.75) is 25.3 Å². The summed E-state index contributed by atoms with van der Waals surface area (Å²) in [5.41, 5.74) is 1.27. The van der Waals surface area contributed by atoms with Crippen molar-refractivity contribution in [2.75, 3.05) is 0 Å². The van der Waals surface area contributed by atoms with Crippen LogP contribution < -0.4 is 4.57 Å². The van der Waals surface area contributed by atoms with E-state index in [-0.39, 0.29) is 0 Å². The monoisotopic (exact) mass is 210 g/mol. The molecule has 0 amide bonds. The summed E-state index contributed by atoms with van der Waals surface area (Å²) < 4.78 is 3.63. The van der Waals surface area contributed by atoms with Crippen molar-refractivity contribution in [3.8, 4) is 0 Å². The zero-order valence-corrected chi connectivity index (χ0v) is 9.45. The van der Waals surface area contributed by atoms with Gasteiger partial charge in [0, 0.05) is 6.92 Å². The lowest BCUT2D eigenvalue weighted by atomic mass is 10.3. The van der Waals surface area contributed by atoms with Crippen LogP contribution in [0.3, 0.4) is 0 Å². The number of thiol groups is 1. The maximum Gasteiger partial charge on any atom is 0.237 e. The fraction of sp³-hybridized carbons (Fsp3) is 0.300. The predicted octanol–water partition coefficient (Wildman–Crippen LogP) is 2.81. The second kappa shape index (κ2) is 3.31. The standard InChI is InChI=1S/C10H11NS2/c1-3-11-7(2)13-9-6-4-5-8(12)10(9)11/h4-6H,3H2,1-2H3/p+1. The van der Waals surface area contributed by atoms with Gasteiger partial charge in [0.15, 0.2) is 0 Å². The molecule has 13 heavy (non-hydrogen) atoms. The van der Waals surface area contributed by atoms with Crippen LogP contribution in [0.2, 0.25) is 0 Å². The molecule has 68 valence electrons. The highest BCUT2D eigenvalue weighted by molar-refractivity contribution is 7.80. The van der Waals surface area contributed by atoms with Crippen molar-refractivity contribution in [1.82, 2.24) is 0 Å². The van der Waals surface area contributed by atoms with E-state index >= 15 is 0 Å². The van der Waals surface area contributed by atoms with Crippen molar-refractivity contribution in [3.05, 3.63) is 23.2 Å². The maximum absolute atomic E-state index is 4.47. The summed E-state index contributed by atoms with van der Waals surface area (Å²) in [5, 5.41) is 1.35. The quantitative estimate of drug-likeness (QED) is 0.545. The summed E-state index contributed by atoms with van der Waals surface area (Å²) in [6.45, 7) is 5.34. The third kappa shape index (κ3) is 1.36. The first-order valence-electron chi connectivity index (χ1n) is 4.35. The zero-order valence-electron chi connectivity index (χ0n) is 7.74. The van der Waals surface area contributed by atoms with Gasteiger partial charge in [0.05, 0.1) is 4.90 Å². The molecule has 0 unspecified atom stereocenters. The minimum Gasteiger partial charge on any atom is -0.185 e. The highest BCUT2D eigenvalue weighted by Crippen LogP contribution is 2.24. The van der Waals surface area contributed by atoms with Crippen LogP contribution in [0.15, 0.2) is 23.1 Å². The Morgan fingerprint density at radius 1 is 1.46 bits per heavy atom. The van der Waals surface area contributed by atoms with Crippen molar-refractivity contribution in [2.24, 2.45) is 0 Å². The van der Waals surface area contributed by atoms with Gasteiger partial charge >= 0.3 is 0 Å². The summed E-state index contributed by atoms with van der Waals surface area (Å²) >= 11 is 6.30. The second-order valence-corrected chi connectivity index (χ2v) is 4.71. The number of aryl methyl sites for hydroxylation is 2. The Hall–Kier alpha value is -0.540. The molecule has 0 saturated carbocycles. The third-order valence-corrected chi connectivity index (χ3v) is 3.63. The smallest absolute Gasteiger partial charge is 0.185 e. The van der Waals surface area contributed by atoms with Crippen LogP contribution in [-0.4, -0.2) is 0 Å². The molecule has 2 rings (SSSR count). The van der Waals surface area contributed by atoms with E-state index in [4.69, 9.17) is 0 Å². The van der Waals surface area contributed by atoms with Crippen LogP contribution in [0.4, 0.5) is 0 Å². The largest absolute Gasteiger partial charge is 0.237 e. The van der Waals surface area contributed by atoms with Gasteiger partial charge in [-0.05, 0) is 19.1 Å². The highest BCUT2D eigenvalue weighted by Gasteiger charge is 2.16. The normalized spacial score (nSPS) is 11.0. The molecule has 0 fully saturated rings. The van der Waals surface area contributed by atoms with Crippen molar-refractivity contribution in [1.29, 1.82) is 0 Å². The minimum atomic E-state index is 1.02. The maximum atomic E-state index is 4.47. The molecule has 1 heterocycles.